The zero-order chi connectivity index (χ0) is 20.5. The van der Waals surface area contributed by atoms with Gasteiger partial charge in [-0.3, -0.25) is 14.9 Å². The highest BCUT2D eigenvalue weighted by Crippen LogP contribution is 2.29. The third-order valence-corrected chi connectivity index (χ3v) is 4.61. The van der Waals surface area contributed by atoms with Crippen molar-refractivity contribution >= 4 is 40.7 Å². The highest BCUT2D eigenvalue weighted by atomic mass is 35.5. The number of halogens is 1. The van der Waals surface area contributed by atoms with Crippen LogP contribution in [0.25, 0.3) is 17.4 Å². The number of rotatable bonds is 4. The molecule has 0 radical (unpaired) electrons. The fourth-order valence-electron chi connectivity index (χ4n) is 2.97. The second-order valence-electron chi connectivity index (χ2n) is 6.35. The van der Waals surface area contributed by atoms with Gasteiger partial charge in [-0.15, -0.1) is 0 Å². The second kappa shape index (κ2) is 7.37. The molecule has 1 amide bonds. The largest absolute Gasteiger partial charge is 0.457 e. The quantitative estimate of drug-likeness (QED) is 0.333. The van der Waals surface area contributed by atoms with Crippen LogP contribution in [0.5, 0.6) is 0 Å². The average Bonchev–Trinajstić information content (AvgIpc) is 3.28. The first-order chi connectivity index (χ1) is 13.9. The molecule has 8 heteroatoms. The molecule has 1 aromatic heterocycles. The van der Waals surface area contributed by atoms with Crippen molar-refractivity contribution in [3.05, 3.63) is 87.1 Å². The number of carbonyl (C=O) groups is 1. The van der Waals surface area contributed by atoms with Crippen LogP contribution in [0.4, 0.5) is 11.4 Å². The van der Waals surface area contributed by atoms with Crippen molar-refractivity contribution in [2.45, 2.75) is 6.92 Å². The average molecular weight is 408 g/mol. The molecule has 0 bridgehead atoms. The molecule has 0 fully saturated rings. The number of furan rings is 1. The highest BCUT2D eigenvalue weighted by Gasteiger charge is 2.29. The van der Waals surface area contributed by atoms with Crippen LogP contribution in [0.1, 0.15) is 12.7 Å². The van der Waals surface area contributed by atoms with Gasteiger partial charge in [-0.1, -0.05) is 29.8 Å². The molecule has 0 unspecified atom stereocenters. The van der Waals surface area contributed by atoms with Crippen LogP contribution < -0.4 is 5.01 Å². The zero-order valence-electron chi connectivity index (χ0n) is 15.2. The number of benzene rings is 2. The van der Waals surface area contributed by atoms with Crippen LogP contribution in [-0.2, 0) is 4.79 Å². The number of carbonyl (C=O) groups excluding carboxylic acids is 1. The number of nitro groups is 1. The predicted octanol–water partition coefficient (Wildman–Crippen LogP) is 5.31. The van der Waals surface area contributed by atoms with Gasteiger partial charge in [0, 0.05) is 22.7 Å². The number of hydrazone groups is 1. The Balaban J connectivity index is 1.62. The number of hydrogen-bond acceptors (Lipinski definition) is 5. The van der Waals surface area contributed by atoms with E-state index in [9.17, 15) is 14.9 Å². The minimum atomic E-state index is -0.462. The lowest BCUT2D eigenvalue weighted by Gasteiger charge is -2.11. The van der Waals surface area contributed by atoms with Gasteiger partial charge >= 0.3 is 0 Å². The van der Waals surface area contributed by atoms with Crippen LogP contribution >= 0.6 is 11.6 Å². The first-order valence-corrected chi connectivity index (χ1v) is 9.02. The lowest BCUT2D eigenvalue weighted by atomic mass is 10.1. The standard InChI is InChI=1S/C21H14ClN3O4/c1-13-19(21(26)24(23-13)16-6-3-5-15(22)11-16)12-18-8-9-20(29-18)14-4-2-7-17(10-14)25(27)28/h2-12H,1H3/b19-12-. The Morgan fingerprint density at radius 3 is 2.69 bits per heavy atom. The lowest BCUT2D eigenvalue weighted by Crippen LogP contribution is -2.21. The number of nitro benzene ring substituents is 1. The van der Waals surface area contributed by atoms with E-state index in [1.165, 1.54) is 17.1 Å². The molecule has 29 heavy (non-hydrogen) atoms. The molecule has 1 aliphatic rings. The monoisotopic (exact) mass is 407 g/mol. The van der Waals surface area contributed by atoms with E-state index in [0.717, 1.165) is 0 Å². The van der Waals surface area contributed by atoms with Crippen LogP contribution in [0.3, 0.4) is 0 Å². The van der Waals surface area contributed by atoms with Crippen molar-refractivity contribution in [3.8, 4) is 11.3 Å². The van der Waals surface area contributed by atoms with Crippen molar-refractivity contribution in [1.29, 1.82) is 0 Å². The van der Waals surface area contributed by atoms with Gasteiger partial charge in [0.15, 0.2) is 0 Å². The van der Waals surface area contributed by atoms with Crippen molar-refractivity contribution < 1.29 is 14.1 Å². The van der Waals surface area contributed by atoms with E-state index < -0.39 is 4.92 Å². The van der Waals surface area contributed by atoms with Crippen molar-refractivity contribution in [1.82, 2.24) is 0 Å². The molecule has 0 saturated heterocycles. The van der Waals surface area contributed by atoms with E-state index in [0.29, 0.717) is 39.1 Å². The number of anilines is 1. The van der Waals surface area contributed by atoms with Crippen LogP contribution in [0.15, 0.2) is 75.8 Å². The summed E-state index contributed by atoms with van der Waals surface area (Å²) in [6.07, 6.45) is 1.60. The highest BCUT2D eigenvalue weighted by molar-refractivity contribution is 6.33. The summed E-state index contributed by atoms with van der Waals surface area (Å²) in [6.45, 7) is 1.73. The molecule has 144 valence electrons. The van der Waals surface area contributed by atoms with Gasteiger partial charge in [0.05, 0.1) is 21.9 Å². The van der Waals surface area contributed by atoms with E-state index in [1.54, 1.807) is 61.5 Å². The van der Waals surface area contributed by atoms with E-state index in [-0.39, 0.29) is 11.6 Å². The molecule has 0 aliphatic carbocycles. The molecular formula is C21H14ClN3O4. The maximum atomic E-state index is 12.8. The Bertz CT molecular complexity index is 1200. The van der Waals surface area contributed by atoms with Gasteiger partial charge in [0.25, 0.3) is 11.6 Å². The smallest absolute Gasteiger partial charge is 0.280 e. The first kappa shape index (κ1) is 18.6. The minimum absolute atomic E-state index is 0.0232. The fraction of sp³-hybridized carbons (Fsp3) is 0.0476. The SMILES string of the molecule is CC1=NN(c2cccc(Cl)c2)C(=O)/C1=C\c1ccc(-c2cccc([N+](=O)[O-])c2)o1. The number of non-ortho nitro benzene ring substituents is 1. The molecule has 0 spiro atoms. The molecule has 3 aromatic rings. The number of amides is 1. The molecule has 2 heterocycles. The molecule has 0 atom stereocenters. The van der Waals surface area contributed by atoms with Gasteiger partial charge in [0.2, 0.25) is 0 Å². The Labute approximate surface area is 170 Å². The zero-order valence-corrected chi connectivity index (χ0v) is 16.0. The van der Waals surface area contributed by atoms with Gasteiger partial charge in [-0.25, -0.2) is 0 Å². The Morgan fingerprint density at radius 2 is 1.93 bits per heavy atom. The van der Waals surface area contributed by atoms with Gasteiger partial charge in [0.1, 0.15) is 11.5 Å². The Morgan fingerprint density at radius 1 is 1.14 bits per heavy atom. The molecule has 1 aliphatic heterocycles. The number of nitrogens with zero attached hydrogens (tertiary/aromatic N) is 3. The van der Waals surface area contributed by atoms with Gasteiger partial charge < -0.3 is 4.42 Å². The molecule has 4 rings (SSSR count). The third kappa shape index (κ3) is 3.68. The summed E-state index contributed by atoms with van der Waals surface area (Å²) >= 11 is 6.01. The van der Waals surface area contributed by atoms with Crippen LogP contribution in [0.2, 0.25) is 5.02 Å². The first-order valence-electron chi connectivity index (χ1n) is 8.64. The maximum Gasteiger partial charge on any atom is 0.280 e. The molecule has 7 nitrogen and oxygen atoms in total. The third-order valence-electron chi connectivity index (χ3n) is 4.37. The van der Waals surface area contributed by atoms with Crippen molar-refractivity contribution in [3.63, 3.8) is 0 Å². The summed E-state index contributed by atoms with van der Waals surface area (Å²) in [5, 5.41) is 17.1. The molecular weight excluding hydrogens is 394 g/mol. The summed E-state index contributed by atoms with van der Waals surface area (Å²) in [7, 11) is 0. The van der Waals surface area contributed by atoms with Crippen molar-refractivity contribution in [2.24, 2.45) is 5.10 Å². The van der Waals surface area contributed by atoms with E-state index in [1.807, 2.05) is 0 Å². The van der Waals surface area contributed by atoms with E-state index in [2.05, 4.69) is 5.10 Å². The Hall–Kier alpha value is -3.71. The predicted molar refractivity (Wildman–Crippen MR) is 111 cm³/mol. The van der Waals surface area contributed by atoms with Gasteiger partial charge in [-0.05, 0) is 43.3 Å². The maximum absolute atomic E-state index is 12.8. The normalized spacial score (nSPS) is 15.1. The summed E-state index contributed by atoms with van der Waals surface area (Å²) < 4.78 is 5.78. The lowest BCUT2D eigenvalue weighted by molar-refractivity contribution is -0.384. The Kier molecular flexibility index (Phi) is 4.74. The van der Waals surface area contributed by atoms with E-state index in [4.69, 9.17) is 16.0 Å². The molecule has 0 saturated carbocycles. The van der Waals surface area contributed by atoms with Crippen LogP contribution in [0, 0.1) is 10.1 Å². The summed E-state index contributed by atoms with van der Waals surface area (Å²) in [4.78, 5) is 23.3. The minimum Gasteiger partial charge on any atom is -0.457 e. The summed E-state index contributed by atoms with van der Waals surface area (Å²) in [5.74, 6) is 0.614. The topological polar surface area (TPSA) is 89.0 Å². The summed E-state index contributed by atoms with van der Waals surface area (Å²) in [6, 6.07) is 16.4. The van der Waals surface area contributed by atoms with Gasteiger partial charge in [-0.2, -0.15) is 10.1 Å². The number of hydrogen-bond donors (Lipinski definition) is 0. The summed E-state index contributed by atoms with van der Waals surface area (Å²) in [5.41, 5.74) is 2.06. The fourth-order valence-corrected chi connectivity index (χ4v) is 3.15. The molecule has 2 aromatic carbocycles. The molecule has 0 N–H and O–H groups in total. The van der Waals surface area contributed by atoms with E-state index >= 15 is 0 Å². The van der Waals surface area contributed by atoms with Crippen LogP contribution in [-0.4, -0.2) is 16.5 Å². The second-order valence-corrected chi connectivity index (χ2v) is 6.79. The van der Waals surface area contributed by atoms with Crippen molar-refractivity contribution in [2.75, 3.05) is 5.01 Å².